The summed E-state index contributed by atoms with van der Waals surface area (Å²) in [7, 11) is -4.00. The van der Waals surface area contributed by atoms with E-state index in [1.54, 1.807) is 0 Å². The second-order valence-corrected chi connectivity index (χ2v) is 9.15. The number of carbonyl (C=O) groups excluding carboxylic acids is 1. The van der Waals surface area contributed by atoms with Gasteiger partial charge in [-0.1, -0.05) is 57.0 Å². The molecule has 1 aromatic carbocycles. The predicted octanol–water partition coefficient (Wildman–Crippen LogP) is 3.98. The molecule has 0 radical (unpaired) electrons. The third-order valence-electron chi connectivity index (χ3n) is 4.72. The monoisotopic (exact) mass is 474 g/mol. The second kappa shape index (κ2) is 14.1. The number of rotatable bonds is 14. The molecule has 2 rings (SSSR count). The van der Waals surface area contributed by atoms with Crippen molar-refractivity contribution in [2.75, 3.05) is 19.8 Å². The number of aliphatic hydroxyl groups is 1. The Labute approximate surface area is 189 Å². The Morgan fingerprint density at radius 2 is 1.72 bits per heavy atom. The standard InChI is InChI=1S/C22H35O9P/c1-4-6-13-28-32(25,29-14-7-5-2)31-22-21(30-17(3)23)20(19(24)16-27-22)26-15-18-11-9-8-10-12-18/h8-12,19-22,24H,4-7,13-16H2,1-3H3/t19-,20+,21-,22-/m1/s1. The molecule has 0 aliphatic carbocycles. The van der Waals surface area contributed by atoms with Gasteiger partial charge < -0.3 is 19.3 Å². The Kier molecular flexibility index (Phi) is 11.8. The number of hydrogen-bond donors (Lipinski definition) is 1. The van der Waals surface area contributed by atoms with E-state index in [0.717, 1.165) is 18.4 Å². The molecule has 0 amide bonds. The van der Waals surface area contributed by atoms with Crippen molar-refractivity contribution in [1.82, 2.24) is 0 Å². The van der Waals surface area contributed by atoms with E-state index in [2.05, 4.69) is 0 Å². The fraction of sp³-hybridized carbons (Fsp3) is 0.682. The molecule has 1 fully saturated rings. The maximum atomic E-state index is 13.2. The van der Waals surface area contributed by atoms with Crippen LogP contribution in [0.1, 0.15) is 52.0 Å². The van der Waals surface area contributed by atoms with Gasteiger partial charge in [0.2, 0.25) is 6.29 Å². The van der Waals surface area contributed by atoms with Crippen LogP contribution in [-0.2, 0) is 43.7 Å². The van der Waals surface area contributed by atoms with Crippen LogP contribution in [0.25, 0.3) is 0 Å². The molecule has 0 spiro atoms. The zero-order chi connectivity index (χ0) is 23.4. The average molecular weight is 474 g/mol. The Hall–Kier alpha value is -1.32. The van der Waals surface area contributed by atoms with Gasteiger partial charge in [0.25, 0.3) is 0 Å². The summed E-state index contributed by atoms with van der Waals surface area (Å²) in [6, 6.07) is 9.36. The molecule has 4 atom stereocenters. The Morgan fingerprint density at radius 1 is 1.09 bits per heavy atom. The van der Waals surface area contributed by atoms with Gasteiger partial charge >= 0.3 is 13.8 Å². The molecule has 1 saturated heterocycles. The Balaban J connectivity index is 2.15. The van der Waals surface area contributed by atoms with Gasteiger partial charge in [-0.15, -0.1) is 0 Å². The average Bonchev–Trinajstić information content (AvgIpc) is 2.76. The molecule has 10 heteroatoms. The van der Waals surface area contributed by atoms with E-state index in [1.165, 1.54) is 6.92 Å². The van der Waals surface area contributed by atoms with Crippen LogP contribution >= 0.6 is 7.82 Å². The first kappa shape index (κ1) is 26.9. The van der Waals surface area contributed by atoms with Crippen molar-refractivity contribution < 1.29 is 42.2 Å². The third-order valence-corrected chi connectivity index (χ3v) is 6.18. The Morgan fingerprint density at radius 3 is 2.28 bits per heavy atom. The number of phosphoric ester groups is 1. The Bertz CT molecular complexity index is 701. The molecule has 182 valence electrons. The largest absolute Gasteiger partial charge is 0.477 e. The first-order chi connectivity index (χ1) is 15.4. The number of carbonyl (C=O) groups is 1. The van der Waals surface area contributed by atoms with Crippen LogP contribution in [0.2, 0.25) is 0 Å². The number of ether oxygens (including phenoxy) is 3. The van der Waals surface area contributed by atoms with Gasteiger partial charge in [0.15, 0.2) is 6.10 Å². The SMILES string of the molecule is CCCCOP(=O)(OCCCC)O[C@H]1OC[C@@H](O)[C@H](OCc2ccccc2)[C@H]1OC(C)=O. The van der Waals surface area contributed by atoms with Gasteiger partial charge in [-0.2, -0.15) is 0 Å². The molecule has 1 heterocycles. The van der Waals surface area contributed by atoms with Crippen LogP contribution in [-0.4, -0.2) is 55.5 Å². The smallest absolute Gasteiger partial charge is 0.454 e. The molecule has 9 nitrogen and oxygen atoms in total. The molecule has 32 heavy (non-hydrogen) atoms. The van der Waals surface area contributed by atoms with Crippen LogP contribution in [0.4, 0.5) is 0 Å². The minimum Gasteiger partial charge on any atom is -0.454 e. The van der Waals surface area contributed by atoms with Gasteiger partial charge in [-0.05, 0) is 18.4 Å². The highest BCUT2D eigenvalue weighted by Gasteiger charge is 2.47. The normalized spacial score (nSPS) is 23.8. The summed E-state index contributed by atoms with van der Waals surface area (Å²) < 4.78 is 46.6. The summed E-state index contributed by atoms with van der Waals surface area (Å²) >= 11 is 0. The third kappa shape index (κ3) is 8.90. The molecular formula is C22H35O9P. The predicted molar refractivity (Wildman–Crippen MR) is 117 cm³/mol. The number of benzene rings is 1. The molecule has 1 aliphatic heterocycles. The molecular weight excluding hydrogens is 439 g/mol. The lowest BCUT2D eigenvalue weighted by Gasteiger charge is -2.39. The number of unbranched alkanes of at least 4 members (excludes halogenated alkanes) is 2. The summed E-state index contributed by atoms with van der Waals surface area (Å²) in [5.41, 5.74) is 0.877. The van der Waals surface area contributed by atoms with Crippen molar-refractivity contribution >= 4 is 13.8 Å². The molecule has 0 aromatic heterocycles. The number of aliphatic hydroxyl groups excluding tert-OH is 1. The zero-order valence-corrected chi connectivity index (χ0v) is 19.9. The van der Waals surface area contributed by atoms with Crippen molar-refractivity contribution in [3.63, 3.8) is 0 Å². The van der Waals surface area contributed by atoms with Crippen molar-refractivity contribution in [2.45, 2.75) is 77.7 Å². The molecule has 1 N–H and O–H groups in total. The fourth-order valence-corrected chi connectivity index (χ4v) is 4.34. The fourth-order valence-electron chi connectivity index (χ4n) is 3.00. The van der Waals surface area contributed by atoms with Crippen molar-refractivity contribution in [1.29, 1.82) is 0 Å². The highest BCUT2D eigenvalue weighted by Crippen LogP contribution is 2.52. The maximum absolute atomic E-state index is 13.2. The van der Waals surface area contributed by atoms with Crippen molar-refractivity contribution in [3.8, 4) is 0 Å². The van der Waals surface area contributed by atoms with E-state index in [9.17, 15) is 14.5 Å². The molecule has 1 aromatic rings. The summed E-state index contributed by atoms with van der Waals surface area (Å²) in [6.45, 7) is 5.55. The molecule has 0 unspecified atom stereocenters. The van der Waals surface area contributed by atoms with E-state index in [-0.39, 0.29) is 26.4 Å². The van der Waals surface area contributed by atoms with E-state index >= 15 is 0 Å². The van der Waals surface area contributed by atoms with E-state index in [0.29, 0.717) is 12.8 Å². The minimum absolute atomic E-state index is 0.161. The number of hydrogen-bond acceptors (Lipinski definition) is 9. The molecule has 0 bridgehead atoms. The van der Waals surface area contributed by atoms with Crippen molar-refractivity contribution in [3.05, 3.63) is 35.9 Å². The molecule has 1 aliphatic rings. The van der Waals surface area contributed by atoms with Gasteiger partial charge in [-0.25, -0.2) is 4.57 Å². The lowest BCUT2D eigenvalue weighted by atomic mass is 10.0. The van der Waals surface area contributed by atoms with Gasteiger partial charge in [0.1, 0.15) is 12.2 Å². The maximum Gasteiger partial charge on any atom is 0.477 e. The summed E-state index contributed by atoms with van der Waals surface area (Å²) in [5, 5.41) is 10.5. The van der Waals surface area contributed by atoms with Gasteiger partial charge in [-0.3, -0.25) is 18.4 Å². The number of phosphoric acid groups is 1. The van der Waals surface area contributed by atoms with Crippen LogP contribution < -0.4 is 0 Å². The lowest BCUT2D eigenvalue weighted by molar-refractivity contribution is -0.265. The second-order valence-electron chi connectivity index (χ2n) is 7.53. The quantitative estimate of drug-likeness (QED) is 0.243. The topological polar surface area (TPSA) is 110 Å². The van der Waals surface area contributed by atoms with Crippen LogP contribution in [0.5, 0.6) is 0 Å². The summed E-state index contributed by atoms with van der Waals surface area (Å²) in [6.07, 6.45) is -1.48. The van der Waals surface area contributed by atoms with Gasteiger partial charge in [0.05, 0.1) is 26.4 Å². The van der Waals surface area contributed by atoms with Crippen molar-refractivity contribution in [2.24, 2.45) is 0 Å². The first-order valence-electron chi connectivity index (χ1n) is 11.1. The van der Waals surface area contributed by atoms with E-state index in [4.69, 9.17) is 27.8 Å². The van der Waals surface area contributed by atoms with Crippen LogP contribution in [0.3, 0.4) is 0 Å². The summed E-state index contributed by atoms with van der Waals surface area (Å²) in [5.74, 6) is -0.622. The van der Waals surface area contributed by atoms with E-state index < -0.39 is 38.4 Å². The van der Waals surface area contributed by atoms with Crippen LogP contribution in [0, 0.1) is 0 Å². The highest BCUT2D eigenvalue weighted by molar-refractivity contribution is 7.48. The minimum atomic E-state index is -4.00. The number of esters is 1. The summed E-state index contributed by atoms with van der Waals surface area (Å²) in [4.78, 5) is 11.8. The zero-order valence-electron chi connectivity index (χ0n) is 19.0. The lowest BCUT2D eigenvalue weighted by Crippen LogP contribution is -2.56. The first-order valence-corrected chi connectivity index (χ1v) is 12.5. The van der Waals surface area contributed by atoms with E-state index in [1.807, 2.05) is 44.2 Å². The van der Waals surface area contributed by atoms with Crippen LogP contribution in [0.15, 0.2) is 30.3 Å². The highest BCUT2D eigenvalue weighted by atomic mass is 31.2. The van der Waals surface area contributed by atoms with Gasteiger partial charge in [0, 0.05) is 6.92 Å². The molecule has 0 saturated carbocycles.